The molecule has 1 amide bonds. The molecule has 0 aliphatic heterocycles. The molecule has 102 valence electrons. The Hall–Kier alpha value is -2.76. The van der Waals surface area contributed by atoms with Crippen LogP contribution in [0.4, 0.5) is 5.82 Å². The summed E-state index contributed by atoms with van der Waals surface area (Å²) < 4.78 is 0. The van der Waals surface area contributed by atoms with Gasteiger partial charge in [0.15, 0.2) is 0 Å². The number of carbonyl (C=O) groups excluding carboxylic acids is 1. The largest absolute Gasteiger partial charge is 0.478 e. The number of hydrogen-bond acceptors (Lipinski definition) is 4. The highest BCUT2D eigenvalue weighted by molar-refractivity contribution is 6.03. The Balaban J connectivity index is 2.24. The normalized spacial score (nSPS) is 10.1. The van der Waals surface area contributed by atoms with E-state index in [9.17, 15) is 9.59 Å². The molecule has 0 unspecified atom stereocenters. The van der Waals surface area contributed by atoms with E-state index in [0.717, 1.165) is 5.56 Å². The molecule has 0 saturated carbocycles. The highest BCUT2D eigenvalue weighted by Crippen LogP contribution is 2.12. The van der Waals surface area contributed by atoms with E-state index < -0.39 is 11.9 Å². The van der Waals surface area contributed by atoms with Gasteiger partial charge in [-0.3, -0.25) is 4.79 Å². The number of aromatic carboxylic acids is 1. The van der Waals surface area contributed by atoms with Crippen molar-refractivity contribution in [1.82, 2.24) is 9.97 Å². The highest BCUT2D eigenvalue weighted by Gasteiger charge is 2.14. The average Bonchev–Trinajstić information content (AvgIpc) is 2.40. The molecule has 0 radical (unpaired) electrons. The van der Waals surface area contributed by atoms with E-state index in [1.54, 1.807) is 19.2 Å². The summed E-state index contributed by atoms with van der Waals surface area (Å²) in [5.41, 5.74) is 1.36. The minimum atomic E-state index is -1.07. The van der Waals surface area contributed by atoms with Crippen LogP contribution in [-0.4, -0.2) is 27.0 Å². The van der Waals surface area contributed by atoms with Gasteiger partial charge < -0.3 is 10.4 Å². The summed E-state index contributed by atoms with van der Waals surface area (Å²) in [6.45, 7) is 3.38. The van der Waals surface area contributed by atoms with Crippen LogP contribution in [0.1, 0.15) is 32.1 Å². The van der Waals surface area contributed by atoms with E-state index in [2.05, 4.69) is 15.3 Å². The van der Waals surface area contributed by atoms with E-state index in [4.69, 9.17) is 5.11 Å². The fraction of sp³-hybridized carbons (Fsp3) is 0.143. The number of rotatable bonds is 3. The molecule has 2 rings (SSSR count). The maximum Gasteiger partial charge on any atom is 0.337 e. The Morgan fingerprint density at radius 3 is 2.55 bits per heavy atom. The lowest BCUT2D eigenvalue weighted by Gasteiger charge is -2.07. The van der Waals surface area contributed by atoms with Gasteiger partial charge in [-0.05, 0) is 37.6 Å². The second-order valence-electron chi connectivity index (χ2n) is 4.26. The van der Waals surface area contributed by atoms with Crippen LogP contribution in [0.3, 0.4) is 0 Å². The third kappa shape index (κ3) is 2.80. The lowest BCUT2D eigenvalue weighted by molar-refractivity contribution is 0.0695. The lowest BCUT2D eigenvalue weighted by Crippen LogP contribution is -2.16. The summed E-state index contributed by atoms with van der Waals surface area (Å²) in [5.74, 6) is -1.03. The number of anilines is 1. The Kier molecular flexibility index (Phi) is 3.74. The monoisotopic (exact) mass is 271 g/mol. The number of nitrogens with one attached hydrogen (secondary N) is 1. The summed E-state index contributed by atoms with van der Waals surface area (Å²) in [6, 6.07) is 6.35. The van der Waals surface area contributed by atoms with Crippen molar-refractivity contribution in [2.75, 3.05) is 5.32 Å². The molecular formula is C14H13N3O3. The van der Waals surface area contributed by atoms with Crippen molar-refractivity contribution in [2.45, 2.75) is 13.8 Å². The van der Waals surface area contributed by atoms with Gasteiger partial charge in [-0.1, -0.05) is 6.07 Å². The number of nitrogens with zero attached hydrogens (tertiary/aromatic N) is 2. The first-order chi connectivity index (χ1) is 9.49. The zero-order valence-electron chi connectivity index (χ0n) is 11.0. The first-order valence-corrected chi connectivity index (χ1v) is 5.93. The number of carboxylic acid groups (broad SMARTS) is 1. The van der Waals surface area contributed by atoms with Gasteiger partial charge in [0.1, 0.15) is 11.5 Å². The van der Waals surface area contributed by atoms with Gasteiger partial charge in [0, 0.05) is 6.20 Å². The lowest BCUT2D eigenvalue weighted by atomic mass is 10.2. The second kappa shape index (κ2) is 5.48. The Morgan fingerprint density at radius 2 is 1.95 bits per heavy atom. The summed E-state index contributed by atoms with van der Waals surface area (Å²) in [7, 11) is 0. The van der Waals surface area contributed by atoms with Crippen LogP contribution < -0.4 is 5.32 Å². The minimum Gasteiger partial charge on any atom is -0.478 e. The summed E-state index contributed by atoms with van der Waals surface area (Å²) in [6.07, 6.45) is 1.58. The zero-order valence-corrected chi connectivity index (χ0v) is 11.0. The van der Waals surface area contributed by atoms with Gasteiger partial charge in [0.2, 0.25) is 0 Å². The van der Waals surface area contributed by atoms with Crippen molar-refractivity contribution in [3.8, 4) is 0 Å². The standard InChI is InChI=1S/C14H13N3O3/c1-8-4-3-7-15-12(8)17-13(18)11-6-5-10(14(19)20)9(2)16-11/h3-7H,1-2H3,(H,19,20)(H,15,17,18). The van der Waals surface area contributed by atoms with Crippen LogP contribution in [0, 0.1) is 13.8 Å². The fourth-order valence-corrected chi connectivity index (χ4v) is 1.70. The van der Waals surface area contributed by atoms with Crippen LogP contribution in [-0.2, 0) is 0 Å². The Labute approximate surface area is 115 Å². The number of hydrogen-bond donors (Lipinski definition) is 2. The number of aryl methyl sites for hydroxylation is 2. The molecule has 0 aliphatic carbocycles. The maximum absolute atomic E-state index is 12.0. The number of carboxylic acids is 1. The number of amides is 1. The summed E-state index contributed by atoms with van der Waals surface area (Å²) in [5, 5.41) is 11.6. The van der Waals surface area contributed by atoms with Crippen molar-refractivity contribution in [3.63, 3.8) is 0 Å². The van der Waals surface area contributed by atoms with Crippen LogP contribution in [0.2, 0.25) is 0 Å². The molecule has 20 heavy (non-hydrogen) atoms. The van der Waals surface area contributed by atoms with Crippen LogP contribution in [0.5, 0.6) is 0 Å². The second-order valence-corrected chi connectivity index (χ2v) is 4.26. The van der Waals surface area contributed by atoms with Crippen molar-refractivity contribution < 1.29 is 14.7 Å². The molecule has 0 atom stereocenters. The van der Waals surface area contributed by atoms with E-state index in [1.165, 1.54) is 12.1 Å². The molecule has 0 spiro atoms. The van der Waals surface area contributed by atoms with Crippen LogP contribution in [0.25, 0.3) is 0 Å². The SMILES string of the molecule is Cc1cccnc1NC(=O)c1ccc(C(=O)O)c(C)n1. The molecule has 2 N–H and O–H groups in total. The highest BCUT2D eigenvalue weighted by atomic mass is 16.4. The predicted octanol–water partition coefficient (Wildman–Crippen LogP) is 2.04. The molecule has 0 saturated heterocycles. The summed E-state index contributed by atoms with van der Waals surface area (Å²) >= 11 is 0. The number of aromatic nitrogens is 2. The predicted molar refractivity (Wildman–Crippen MR) is 72.9 cm³/mol. The van der Waals surface area contributed by atoms with Crippen LogP contribution in [0.15, 0.2) is 30.5 Å². The molecule has 2 heterocycles. The molecule has 2 aromatic rings. The van der Waals surface area contributed by atoms with Gasteiger partial charge in [-0.25, -0.2) is 14.8 Å². The van der Waals surface area contributed by atoms with E-state index in [-0.39, 0.29) is 11.3 Å². The molecule has 0 aromatic carbocycles. The van der Waals surface area contributed by atoms with E-state index in [0.29, 0.717) is 11.5 Å². The van der Waals surface area contributed by atoms with Gasteiger partial charge in [0.05, 0.1) is 11.3 Å². The first-order valence-electron chi connectivity index (χ1n) is 5.93. The Bertz CT molecular complexity index is 683. The quantitative estimate of drug-likeness (QED) is 0.891. The maximum atomic E-state index is 12.0. The molecule has 0 aliphatic rings. The van der Waals surface area contributed by atoms with Gasteiger partial charge in [-0.2, -0.15) is 0 Å². The Morgan fingerprint density at radius 1 is 1.20 bits per heavy atom. The number of pyridine rings is 2. The van der Waals surface area contributed by atoms with Crippen molar-refractivity contribution >= 4 is 17.7 Å². The third-order valence-corrected chi connectivity index (χ3v) is 2.79. The minimum absolute atomic E-state index is 0.0792. The third-order valence-electron chi connectivity index (χ3n) is 2.79. The van der Waals surface area contributed by atoms with Crippen molar-refractivity contribution in [1.29, 1.82) is 0 Å². The fourth-order valence-electron chi connectivity index (χ4n) is 1.70. The number of carbonyl (C=O) groups is 2. The smallest absolute Gasteiger partial charge is 0.337 e. The van der Waals surface area contributed by atoms with Crippen LogP contribution >= 0.6 is 0 Å². The summed E-state index contributed by atoms with van der Waals surface area (Å²) in [4.78, 5) is 31.0. The molecular weight excluding hydrogens is 258 g/mol. The van der Waals surface area contributed by atoms with Gasteiger partial charge in [-0.15, -0.1) is 0 Å². The van der Waals surface area contributed by atoms with Crippen molar-refractivity contribution in [2.24, 2.45) is 0 Å². The average molecular weight is 271 g/mol. The van der Waals surface area contributed by atoms with E-state index in [1.807, 2.05) is 13.0 Å². The molecule has 6 nitrogen and oxygen atoms in total. The first kappa shape index (κ1) is 13.7. The topological polar surface area (TPSA) is 92.2 Å². The zero-order chi connectivity index (χ0) is 14.7. The van der Waals surface area contributed by atoms with Gasteiger partial charge in [0.25, 0.3) is 5.91 Å². The molecule has 6 heteroatoms. The molecule has 2 aromatic heterocycles. The van der Waals surface area contributed by atoms with Crippen molar-refractivity contribution in [3.05, 3.63) is 53.0 Å². The molecule has 0 bridgehead atoms. The molecule has 0 fully saturated rings. The van der Waals surface area contributed by atoms with E-state index >= 15 is 0 Å². The van der Waals surface area contributed by atoms with Gasteiger partial charge >= 0.3 is 5.97 Å².